The summed E-state index contributed by atoms with van der Waals surface area (Å²) in [5, 5.41) is 5.50. The fraction of sp³-hybridized carbons (Fsp3) is 0.294. The molecule has 1 N–H and O–H groups in total. The molecule has 1 aromatic carbocycles. The lowest BCUT2D eigenvalue weighted by Crippen LogP contribution is -2.44. The molecule has 2 aromatic heterocycles. The minimum Gasteiger partial charge on any atom is -0.353 e. The van der Waals surface area contributed by atoms with Crippen molar-refractivity contribution in [1.29, 1.82) is 0 Å². The van der Waals surface area contributed by atoms with E-state index in [9.17, 15) is 0 Å². The third-order valence-electron chi connectivity index (χ3n) is 4.23. The van der Waals surface area contributed by atoms with Gasteiger partial charge in [-0.05, 0) is 36.2 Å². The van der Waals surface area contributed by atoms with Crippen LogP contribution >= 0.6 is 34.5 Å². The number of hydrogen-bond acceptors (Lipinski definition) is 5. The van der Waals surface area contributed by atoms with Crippen LogP contribution in [0.2, 0.25) is 10.3 Å². The fourth-order valence-electron chi connectivity index (χ4n) is 3.14. The summed E-state index contributed by atoms with van der Waals surface area (Å²) in [6, 6.07) is 7.93. The van der Waals surface area contributed by atoms with E-state index in [2.05, 4.69) is 27.1 Å². The lowest BCUT2D eigenvalue weighted by atomic mass is 10.0. The molecule has 1 aliphatic heterocycles. The summed E-state index contributed by atoms with van der Waals surface area (Å²) in [5.41, 5.74) is 2.31. The van der Waals surface area contributed by atoms with Gasteiger partial charge in [-0.1, -0.05) is 23.7 Å². The Morgan fingerprint density at radius 1 is 1.08 bits per heavy atom. The average molecular weight is 379 g/mol. The van der Waals surface area contributed by atoms with Crippen LogP contribution in [0.15, 0.2) is 24.3 Å². The first kappa shape index (κ1) is 16.1. The second-order valence-corrected chi connectivity index (χ2v) is 7.75. The Kier molecular flexibility index (Phi) is 4.35. The van der Waals surface area contributed by atoms with Crippen LogP contribution < -0.4 is 10.2 Å². The number of rotatable bonds is 2. The van der Waals surface area contributed by atoms with Crippen molar-refractivity contribution >= 4 is 50.6 Å². The molecule has 0 bridgehead atoms. The van der Waals surface area contributed by atoms with E-state index in [0.717, 1.165) is 52.8 Å². The maximum absolute atomic E-state index is 6.20. The Hall–Kier alpha value is -1.40. The molecular weight excluding hydrogens is 363 g/mol. The molecule has 4 nitrogen and oxygen atoms in total. The van der Waals surface area contributed by atoms with Gasteiger partial charge >= 0.3 is 0 Å². The molecular formula is C17H16Cl2N4S. The molecule has 3 aromatic rings. The second kappa shape index (κ2) is 6.48. The molecule has 1 saturated heterocycles. The Labute approximate surface area is 154 Å². The van der Waals surface area contributed by atoms with E-state index in [-0.39, 0.29) is 0 Å². The number of fused-ring (bicyclic) bond motifs is 1. The zero-order valence-corrected chi connectivity index (χ0v) is 15.5. The molecule has 7 heteroatoms. The molecule has 0 aliphatic carbocycles. The number of benzene rings is 1. The summed E-state index contributed by atoms with van der Waals surface area (Å²) >= 11 is 13.9. The number of piperazine rings is 1. The van der Waals surface area contributed by atoms with Crippen molar-refractivity contribution < 1.29 is 0 Å². The van der Waals surface area contributed by atoms with E-state index in [0.29, 0.717) is 5.28 Å². The Balaban J connectivity index is 1.96. The summed E-state index contributed by atoms with van der Waals surface area (Å²) in [6.45, 7) is 5.84. The van der Waals surface area contributed by atoms with Crippen molar-refractivity contribution in [2.45, 2.75) is 6.92 Å². The Bertz CT molecular complexity index is 886. The lowest BCUT2D eigenvalue weighted by Gasteiger charge is -2.29. The van der Waals surface area contributed by atoms with Gasteiger partial charge < -0.3 is 10.2 Å². The van der Waals surface area contributed by atoms with Crippen LogP contribution in [-0.2, 0) is 0 Å². The molecule has 0 saturated carbocycles. The van der Waals surface area contributed by atoms with Crippen molar-refractivity contribution in [3.8, 4) is 11.1 Å². The number of thiophene rings is 1. The number of halogens is 2. The van der Waals surface area contributed by atoms with Gasteiger partial charge in [0.15, 0.2) is 0 Å². The first-order chi connectivity index (χ1) is 11.6. The van der Waals surface area contributed by atoms with Crippen LogP contribution in [-0.4, -0.2) is 36.1 Å². The van der Waals surface area contributed by atoms with Gasteiger partial charge in [0.1, 0.15) is 10.6 Å². The van der Waals surface area contributed by atoms with Crippen LogP contribution in [0.1, 0.15) is 4.88 Å². The quantitative estimate of drug-likeness (QED) is 0.671. The summed E-state index contributed by atoms with van der Waals surface area (Å²) in [5.74, 6) is 0.931. The maximum atomic E-state index is 6.20. The molecule has 1 fully saturated rings. The maximum Gasteiger partial charge on any atom is 0.225 e. The zero-order chi connectivity index (χ0) is 16.7. The molecule has 24 heavy (non-hydrogen) atoms. The van der Waals surface area contributed by atoms with Crippen molar-refractivity contribution in [3.63, 3.8) is 0 Å². The van der Waals surface area contributed by atoms with Gasteiger partial charge in [-0.3, -0.25) is 0 Å². The van der Waals surface area contributed by atoms with E-state index in [4.69, 9.17) is 23.2 Å². The number of nitrogens with one attached hydrogen (secondary N) is 1. The van der Waals surface area contributed by atoms with Crippen LogP contribution in [0, 0.1) is 6.92 Å². The van der Waals surface area contributed by atoms with E-state index < -0.39 is 0 Å². The number of nitrogens with zero attached hydrogens (tertiary/aromatic N) is 3. The van der Waals surface area contributed by atoms with E-state index in [1.807, 2.05) is 24.3 Å². The molecule has 1 aliphatic rings. The summed E-state index contributed by atoms with van der Waals surface area (Å²) < 4.78 is 0. The van der Waals surface area contributed by atoms with Gasteiger partial charge in [-0.15, -0.1) is 11.3 Å². The highest BCUT2D eigenvalue weighted by Crippen LogP contribution is 2.42. The van der Waals surface area contributed by atoms with Gasteiger partial charge in [-0.25, -0.2) is 4.98 Å². The first-order valence-corrected chi connectivity index (χ1v) is 9.39. The van der Waals surface area contributed by atoms with Crippen molar-refractivity contribution in [2.24, 2.45) is 0 Å². The van der Waals surface area contributed by atoms with Gasteiger partial charge in [0.2, 0.25) is 5.28 Å². The Morgan fingerprint density at radius 3 is 2.50 bits per heavy atom. The third-order valence-corrected chi connectivity index (χ3v) is 5.65. The average Bonchev–Trinajstić information content (AvgIpc) is 2.91. The Morgan fingerprint density at radius 2 is 1.79 bits per heavy atom. The SMILES string of the molecule is Cc1sc2nc(Cl)nc(N3CCNCC3)c2c1-c1ccc(Cl)cc1. The first-order valence-electron chi connectivity index (χ1n) is 7.82. The molecule has 124 valence electrons. The minimum absolute atomic E-state index is 0.305. The molecule has 0 spiro atoms. The highest BCUT2D eigenvalue weighted by Gasteiger charge is 2.22. The predicted octanol–water partition coefficient (Wildman–Crippen LogP) is 4.38. The molecule has 4 rings (SSSR count). The monoisotopic (exact) mass is 378 g/mol. The van der Waals surface area contributed by atoms with Crippen molar-refractivity contribution in [2.75, 3.05) is 31.1 Å². The number of aryl methyl sites for hydroxylation is 1. The normalized spacial score (nSPS) is 15.2. The van der Waals surface area contributed by atoms with Crippen LogP contribution in [0.4, 0.5) is 5.82 Å². The van der Waals surface area contributed by atoms with Gasteiger partial charge in [0.05, 0.1) is 5.39 Å². The lowest BCUT2D eigenvalue weighted by molar-refractivity contribution is 0.586. The number of hydrogen-bond donors (Lipinski definition) is 1. The molecule has 0 amide bonds. The highest BCUT2D eigenvalue weighted by molar-refractivity contribution is 7.19. The molecule has 0 unspecified atom stereocenters. The van der Waals surface area contributed by atoms with Crippen molar-refractivity contribution in [1.82, 2.24) is 15.3 Å². The van der Waals surface area contributed by atoms with Crippen LogP contribution in [0.3, 0.4) is 0 Å². The summed E-state index contributed by atoms with van der Waals surface area (Å²) in [7, 11) is 0. The standard InChI is InChI=1S/C17H16Cl2N4S/c1-10-13(11-2-4-12(18)5-3-11)14-15(23-8-6-20-7-9-23)21-17(19)22-16(14)24-10/h2-5,20H,6-9H2,1H3. The predicted molar refractivity (Wildman–Crippen MR) is 103 cm³/mol. The number of anilines is 1. The van der Waals surface area contributed by atoms with Gasteiger partial charge in [0, 0.05) is 41.6 Å². The second-order valence-electron chi connectivity index (χ2n) is 5.77. The third kappa shape index (κ3) is 2.86. The number of aromatic nitrogens is 2. The minimum atomic E-state index is 0.305. The van der Waals surface area contributed by atoms with Crippen LogP contribution in [0.5, 0.6) is 0 Å². The molecule has 3 heterocycles. The summed E-state index contributed by atoms with van der Waals surface area (Å²) in [4.78, 5) is 13.5. The van der Waals surface area contributed by atoms with Gasteiger partial charge in [0.25, 0.3) is 0 Å². The van der Waals surface area contributed by atoms with E-state index in [1.54, 1.807) is 11.3 Å². The van der Waals surface area contributed by atoms with E-state index >= 15 is 0 Å². The van der Waals surface area contributed by atoms with Gasteiger partial charge in [-0.2, -0.15) is 4.98 Å². The zero-order valence-electron chi connectivity index (χ0n) is 13.1. The summed E-state index contributed by atoms with van der Waals surface area (Å²) in [6.07, 6.45) is 0. The van der Waals surface area contributed by atoms with E-state index in [1.165, 1.54) is 10.4 Å². The van der Waals surface area contributed by atoms with Crippen molar-refractivity contribution in [3.05, 3.63) is 39.4 Å². The molecule has 0 radical (unpaired) electrons. The smallest absolute Gasteiger partial charge is 0.225 e. The highest BCUT2D eigenvalue weighted by atomic mass is 35.5. The largest absolute Gasteiger partial charge is 0.353 e. The van der Waals surface area contributed by atoms with Crippen LogP contribution in [0.25, 0.3) is 21.3 Å². The topological polar surface area (TPSA) is 41.1 Å². The fourth-order valence-corrected chi connectivity index (χ4v) is 4.52. The molecule has 0 atom stereocenters.